The highest BCUT2D eigenvalue weighted by atomic mass is 16.5. The zero-order valence-corrected chi connectivity index (χ0v) is 15.2. The Kier molecular flexibility index (Phi) is 6.62. The minimum absolute atomic E-state index is 0.0876. The van der Waals surface area contributed by atoms with Crippen LogP contribution in [0.5, 0.6) is 11.6 Å². The van der Waals surface area contributed by atoms with Crippen LogP contribution < -0.4 is 14.8 Å². The molecule has 0 radical (unpaired) electrons. The number of hydrogen-bond acceptors (Lipinski definition) is 4. The van der Waals surface area contributed by atoms with E-state index in [4.69, 9.17) is 9.47 Å². The smallest absolute Gasteiger partial charge is 0.317 e. The lowest BCUT2D eigenvalue weighted by molar-refractivity contribution is 0.206. The van der Waals surface area contributed by atoms with Gasteiger partial charge in [0.05, 0.1) is 13.2 Å². The first-order valence-corrected chi connectivity index (χ1v) is 8.21. The van der Waals surface area contributed by atoms with E-state index in [1.807, 2.05) is 50.2 Å². The van der Waals surface area contributed by atoms with E-state index in [2.05, 4.69) is 10.3 Å². The minimum atomic E-state index is -0.140. The maximum atomic E-state index is 12.2. The number of amides is 2. The van der Waals surface area contributed by atoms with E-state index in [-0.39, 0.29) is 12.1 Å². The summed E-state index contributed by atoms with van der Waals surface area (Å²) < 4.78 is 10.6. The fourth-order valence-corrected chi connectivity index (χ4v) is 2.22. The van der Waals surface area contributed by atoms with Gasteiger partial charge < -0.3 is 19.7 Å². The molecular formula is C19H25N3O3. The highest BCUT2D eigenvalue weighted by Gasteiger charge is 2.09. The molecular weight excluding hydrogens is 318 g/mol. The Morgan fingerprint density at radius 1 is 1.16 bits per heavy atom. The van der Waals surface area contributed by atoms with Gasteiger partial charge in [0.1, 0.15) is 5.75 Å². The van der Waals surface area contributed by atoms with Gasteiger partial charge in [-0.05, 0) is 37.1 Å². The summed E-state index contributed by atoms with van der Waals surface area (Å²) in [5.41, 5.74) is 1.96. The zero-order chi connectivity index (χ0) is 18.2. The van der Waals surface area contributed by atoms with Gasteiger partial charge in [-0.15, -0.1) is 0 Å². The fraction of sp³-hybridized carbons (Fsp3) is 0.368. The van der Waals surface area contributed by atoms with Crippen LogP contribution in [-0.4, -0.2) is 36.2 Å². The molecule has 2 amide bonds. The van der Waals surface area contributed by atoms with Crippen LogP contribution in [0, 0.1) is 0 Å². The number of aromatic nitrogens is 1. The first kappa shape index (κ1) is 18.6. The van der Waals surface area contributed by atoms with Gasteiger partial charge >= 0.3 is 6.03 Å². The third kappa shape index (κ3) is 5.99. The van der Waals surface area contributed by atoms with Crippen molar-refractivity contribution in [3.8, 4) is 11.6 Å². The lowest BCUT2D eigenvalue weighted by Crippen LogP contribution is -2.36. The molecule has 134 valence electrons. The first-order chi connectivity index (χ1) is 12.0. The number of nitrogens with zero attached hydrogens (tertiary/aromatic N) is 2. The van der Waals surface area contributed by atoms with E-state index < -0.39 is 0 Å². The SMILES string of the molecule is COc1ccc(CN(C)C(=O)NCc2ccc(OC(C)C)nc2)cc1. The summed E-state index contributed by atoms with van der Waals surface area (Å²) in [6.45, 7) is 4.85. The fourth-order valence-electron chi connectivity index (χ4n) is 2.22. The normalized spacial score (nSPS) is 10.4. The molecule has 6 heteroatoms. The van der Waals surface area contributed by atoms with Crippen molar-refractivity contribution >= 4 is 6.03 Å². The number of hydrogen-bond donors (Lipinski definition) is 1. The maximum Gasteiger partial charge on any atom is 0.317 e. The van der Waals surface area contributed by atoms with Crippen LogP contribution in [0.4, 0.5) is 4.79 Å². The van der Waals surface area contributed by atoms with E-state index in [9.17, 15) is 4.79 Å². The topological polar surface area (TPSA) is 63.7 Å². The van der Waals surface area contributed by atoms with Gasteiger partial charge in [0.25, 0.3) is 0 Å². The largest absolute Gasteiger partial charge is 0.497 e. The molecule has 25 heavy (non-hydrogen) atoms. The van der Waals surface area contributed by atoms with E-state index in [0.29, 0.717) is 19.0 Å². The molecule has 1 aromatic carbocycles. The van der Waals surface area contributed by atoms with Gasteiger partial charge in [-0.25, -0.2) is 9.78 Å². The number of benzene rings is 1. The summed E-state index contributed by atoms with van der Waals surface area (Å²) in [4.78, 5) is 18.1. The second-order valence-corrected chi connectivity index (χ2v) is 6.03. The Hall–Kier alpha value is -2.76. The second-order valence-electron chi connectivity index (χ2n) is 6.03. The highest BCUT2D eigenvalue weighted by Crippen LogP contribution is 2.13. The van der Waals surface area contributed by atoms with Crippen molar-refractivity contribution in [2.24, 2.45) is 0 Å². The van der Waals surface area contributed by atoms with Crippen LogP contribution >= 0.6 is 0 Å². The molecule has 0 saturated heterocycles. The van der Waals surface area contributed by atoms with Gasteiger partial charge in [-0.3, -0.25) is 0 Å². The molecule has 0 saturated carbocycles. The monoisotopic (exact) mass is 343 g/mol. The number of urea groups is 1. The number of methoxy groups -OCH3 is 1. The van der Waals surface area contributed by atoms with Crippen molar-refractivity contribution in [3.63, 3.8) is 0 Å². The Morgan fingerprint density at radius 2 is 1.84 bits per heavy atom. The molecule has 0 atom stereocenters. The molecule has 0 aliphatic carbocycles. The van der Waals surface area contributed by atoms with Crippen molar-refractivity contribution in [2.45, 2.75) is 33.0 Å². The number of nitrogens with one attached hydrogen (secondary N) is 1. The third-order valence-electron chi connectivity index (χ3n) is 3.52. The Bertz CT molecular complexity index is 669. The molecule has 1 aromatic heterocycles. The molecule has 0 fully saturated rings. The molecule has 2 rings (SSSR count). The van der Waals surface area contributed by atoms with E-state index >= 15 is 0 Å². The lowest BCUT2D eigenvalue weighted by Gasteiger charge is -2.18. The van der Waals surface area contributed by atoms with Crippen LogP contribution in [0.3, 0.4) is 0 Å². The van der Waals surface area contributed by atoms with Crippen molar-refractivity contribution in [2.75, 3.05) is 14.2 Å². The molecule has 0 spiro atoms. The van der Waals surface area contributed by atoms with Gasteiger partial charge in [0.2, 0.25) is 5.88 Å². The maximum absolute atomic E-state index is 12.2. The predicted octanol–water partition coefficient (Wildman–Crippen LogP) is 3.22. The average molecular weight is 343 g/mol. The van der Waals surface area contributed by atoms with Crippen LogP contribution in [-0.2, 0) is 13.1 Å². The molecule has 0 unspecified atom stereocenters. The highest BCUT2D eigenvalue weighted by molar-refractivity contribution is 5.73. The first-order valence-electron chi connectivity index (χ1n) is 8.21. The number of carbonyl (C=O) groups excluding carboxylic acids is 1. The third-order valence-corrected chi connectivity index (χ3v) is 3.52. The van der Waals surface area contributed by atoms with E-state index in [1.165, 1.54) is 0 Å². The van der Waals surface area contributed by atoms with Crippen LogP contribution in [0.25, 0.3) is 0 Å². The predicted molar refractivity (Wildman–Crippen MR) is 96.7 cm³/mol. The van der Waals surface area contributed by atoms with Crippen molar-refractivity contribution in [1.29, 1.82) is 0 Å². The Morgan fingerprint density at radius 3 is 2.40 bits per heavy atom. The summed E-state index contributed by atoms with van der Waals surface area (Å²) in [6, 6.07) is 11.2. The molecule has 1 N–H and O–H groups in total. The molecule has 0 aliphatic heterocycles. The Balaban J connectivity index is 1.82. The van der Waals surface area contributed by atoms with Crippen LogP contribution in [0.1, 0.15) is 25.0 Å². The molecule has 2 aromatic rings. The summed E-state index contributed by atoms with van der Waals surface area (Å²) in [6.07, 6.45) is 1.80. The molecule has 0 bridgehead atoms. The van der Waals surface area contributed by atoms with Gasteiger partial charge in [-0.2, -0.15) is 0 Å². The summed E-state index contributed by atoms with van der Waals surface area (Å²) in [5, 5.41) is 2.88. The van der Waals surface area contributed by atoms with Crippen molar-refractivity contribution in [3.05, 3.63) is 53.7 Å². The van der Waals surface area contributed by atoms with Gasteiger partial charge in [0, 0.05) is 32.4 Å². The van der Waals surface area contributed by atoms with Gasteiger partial charge in [-0.1, -0.05) is 18.2 Å². The van der Waals surface area contributed by atoms with Crippen LogP contribution in [0.2, 0.25) is 0 Å². The molecule has 1 heterocycles. The summed E-state index contributed by atoms with van der Waals surface area (Å²) >= 11 is 0. The quantitative estimate of drug-likeness (QED) is 0.838. The van der Waals surface area contributed by atoms with E-state index in [1.54, 1.807) is 25.3 Å². The second kappa shape index (κ2) is 8.92. The number of pyridine rings is 1. The number of carbonyl (C=O) groups is 1. The van der Waals surface area contributed by atoms with Gasteiger partial charge in [0.15, 0.2) is 0 Å². The molecule has 6 nitrogen and oxygen atoms in total. The van der Waals surface area contributed by atoms with E-state index in [0.717, 1.165) is 16.9 Å². The molecule has 0 aliphatic rings. The summed E-state index contributed by atoms with van der Waals surface area (Å²) in [7, 11) is 3.39. The summed E-state index contributed by atoms with van der Waals surface area (Å²) in [5.74, 6) is 1.38. The Labute approximate surface area is 148 Å². The van der Waals surface area contributed by atoms with Crippen molar-refractivity contribution in [1.82, 2.24) is 15.2 Å². The van der Waals surface area contributed by atoms with Crippen molar-refractivity contribution < 1.29 is 14.3 Å². The average Bonchev–Trinajstić information content (AvgIpc) is 2.61. The zero-order valence-electron chi connectivity index (χ0n) is 15.2. The number of rotatable bonds is 7. The lowest BCUT2D eigenvalue weighted by atomic mass is 10.2. The number of ether oxygens (including phenoxy) is 2. The standard InChI is InChI=1S/C19H25N3O3/c1-14(2)25-18-10-7-16(11-20-18)12-21-19(23)22(3)13-15-5-8-17(24-4)9-6-15/h5-11,14H,12-13H2,1-4H3,(H,21,23). The minimum Gasteiger partial charge on any atom is -0.497 e. The van der Waals surface area contributed by atoms with Crippen LogP contribution in [0.15, 0.2) is 42.6 Å².